The molecule has 1 aromatic carbocycles. The molecule has 1 aromatic rings. The lowest BCUT2D eigenvalue weighted by atomic mass is 9.76. The van der Waals surface area contributed by atoms with Gasteiger partial charge < -0.3 is 9.84 Å². The molecule has 0 aliphatic heterocycles. The second-order valence-electron chi connectivity index (χ2n) is 5.29. The van der Waals surface area contributed by atoms with Gasteiger partial charge in [0.25, 0.3) is 0 Å². The number of hydrogen-bond acceptors (Lipinski definition) is 3. The minimum atomic E-state index is -1.50. The predicted octanol–water partition coefficient (Wildman–Crippen LogP) is 2.91. The van der Waals surface area contributed by atoms with Crippen LogP contribution in [0.3, 0.4) is 0 Å². The summed E-state index contributed by atoms with van der Waals surface area (Å²) in [5.74, 6) is -1.11. The number of esters is 1. The summed E-state index contributed by atoms with van der Waals surface area (Å²) in [6.45, 7) is 7.61. The standard InChI is InChI=1S/C16H24O3/c1-6-13-7-9-14(10-8-13)12(4)16(18,11(2)3)15(17)19-5/h7-12,18H,6H2,1-5H3. The van der Waals surface area contributed by atoms with Gasteiger partial charge in [-0.1, -0.05) is 52.0 Å². The number of carbonyl (C=O) groups is 1. The Labute approximate surface area is 115 Å². The first-order valence-corrected chi connectivity index (χ1v) is 6.77. The third kappa shape index (κ3) is 2.98. The molecule has 19 heavy (non-hydrogen) atoms. The number of benzene rings is 1. The molecule has 3 nitrogen and oxygen atoms in total. The van der Waals surface area contributed by atoms with Crippen molar-refractivity contribution >= 4 is 5.97 Å². The van der Waals surface area contributed by atoms with Crippen LogP contribution in [0.5, 0.6) is 0 Å². The number of methoxy groups -OCH3 is 1. The van der Waals surface area contributed by atoms with E-state index < -0.39 is 11.6 Å². The average molecular weight is 264 g/mol. The van der Waals surface area contributed by atoms with Gasteiger partial charge in [0.1, 0.15) is 0 Å². The number of ether oxygens (including phenoxy) is 1. The summed E-state index contributed by atoms with van der Waals surface area (Å²) in [6.07, 6.45) is 0.972. The Balaban J connectivity index is 3.12. The Morgan fingerprint density at radius 3 is 2.16 bits per heavy atom. The highest BCUT2D eigenvalue weighted by Gasteiger charge is 2.46. The summed E-state index contributed by atoms with van der Waals surface area (Å²) >= 11 is 0. The highest BCUT2D eigenvalue weighted by atomic mass is 16.5. The topological polar surface area (TPSA) is 46.5 Å². The van der Waals surface area contributed by atoms with E-state index >= 15 is 0 Å². The Morgan fingerprint density at radius 1 is 1.26 bits per heavy atom. The van der Waals surface area contributed by atoms with E-state index in [0.29, 0.717) is 0 Å². The minimum absolute atomic E-state index is 0.221. The largest absolute Gasteiger partial charge is 0.467 e. The molecule has 0 aliphatic rings. The van der Waals surface area contributed by atoms with Crippen LogP contribution in [0.4, 0.5) is 0 Å². The highest BCUT2D eigenvalue weighted by Crippen LogP contribution is 2.35. The van der Waals surface area contributed by atoms with E-state index in [0.717, 1.165) is 12.0 Å². The van der Waals surface area contributed by atoms with Crippen LogP contribution in [0.1, 0.15) is 44.7 Å². The normalized spacial score (nSPS) is 15.9. The van der Waals surface area contributed by atoms with Crippen molar-refractivity contribution in [1.82, 2.24) is 0 Å². The van der Waals surface area contributed by atoms with Gasteiger partial charge in [0.15, 0.2) is 5.60 Å². The van der Waals surface area contributed by atoms with Crippen molar-refractivity contribution in [3.8, 4) is 0 Å². The van der Waals surface area contributed by atoms with Crippen molar-refractivity contribution in [3.05, 3.63) is 35.4 Å². The Morgan fingerprint density at radius 2 is 1.79 bits per heavy atom. The molecule has 0 bridgehead atoms. The summed E-state index contributed by atoms with van der Waals surface area (Å²) in [4.78, 5) is 11.9. The van der Waals surface area contributed by atoms with Crippen molar-refractivity contribution in [2.24, 2.45) is 5.92 Å². The van der Waals surface area contributed by atoms with Crippen LogP contribution >= 0.6 is 0 Å². The first-order valence-electron chi connectivity index (χ1n) is 6.77. The van der Waals surface area contributed by atoms with Crippen LogP contribution in [-0.4, -0.2) is 23.8 Å². The van der Waals surface area contributed by atoms with Crippen molar-refractivity contribution in [1.29, 1.82) is 0 Å². The number of rotatable bonds is 5. The van der Waals surface area contributed by atoms with Gasteiger partial charge in [0.05, 0.1) is 7.11 Å². The molecule has 2 unspecified atom stereocenters. The van der Waals surface area contributed by atoms with E-state index in [1.165, 1.54) is 12.7 Å². The maximum Gasteiger partial charge on any atom is 0.338 e. The fraction of sp³-hybridized carbons (Fsp3) is 0.562. The molecule has 2 atom stereocenters. The zero-order valence-electron chi connectivity index (χ0n) is 12.4. The van der Waals surface area contributed by atoms with E-state index in [4.69, 9.17) is 4.74 Å². The first kappa shape index (κ1) is 15.7. The lowest BCUT2D eigenvalue weighted by molar-refractivity contribution is -0.170. The average Bonchev–Trinajstić information content (AvgIpc) is 2.44. The molecule has 106 valence electrons. The summed E-state index contributed by atoms with van der Waals surface area (Å²) in [5, 5.41) is 10.7. The number of hydrogen-bond donors (Lipinski definition) is 1. The number of aryl methyl sites for hydroxylation is 1. The maximum atomic E-state index is 11.9. The molecule has 0 amide bonds. The second kappa shape index (κ2) is 6.20. The van der Waals surface area contributed by atoms with Gasteiger partial charge in [-0.25, -0.2) is 4.79 Å². The third-order valence-electron chi connectivity index (χ3n) is 3.94. The zero-order chi connectivity index (χ0) is 14.6. The molecular formula is C16H24O3. The molecule has 0 spiro atoms. The fourth-order valence-corrected chi connectivity index (χ4v) is 2.37. The monoisotopic (exact) mass is 264 g/mol. The van der Waals surface area contributed by atoms with E-state index in [2.05, 4.69) is 6.92 Å². The molecule has 0 aliphatic carbocycles. The van der Waals surface area contributed by atoms with Crippen LogP contribution in [0.15, 0.2) is 24.3 Å². The molecule has 0 saturated carbocycles. The van der Waals surface area contributed by atoms with Gasteiger partial charge in [-0.15, -0.1) is 0 Å². The molecule has 0 saturated heterocycles. The molecule has 0 aromatic heterocycles. The van der Waals surface area contributed by atoms with Crippen LogP contribution in [0, 0.1) is 5.92 Å². The smallest absolute Gasteiger partial charge is 0.338 e. The molecule has 1 N–H and O–H groups in total. The number of aliphatic hydroxyl groups is 1. The van der Waals surface area contributed by atoms with Gasteiger partial charge in [0.2, 0.25) is 0 Å². The maximum absolute atomic E-state index is 11.9. The van der Waals surface area contributed by atoms with Crippen molar-refractivity contribution in [3.63, 3.8) is 0 Å². The highest BCUT2D eigenvalue weighted by molar-refractivity contribution is 5.81. The van der Waals surface area contributed by atoms with Crippen LogP contribution in [-0.2, 0) is 16.0 Å². The van der Waals surface area contributed by atoms with Crippen molar-refractivity contribution in [2.45, 2.75) is 45.6 Å². The number of carbonyl (C=O) groups excluding carboxylic acids is 1. The quantitative estimate of drug-likeness (QED) is 0.832. The van der Waals surface area contributed by atoms with E-state index in [9.17, 15) is 9.90 Å². The molecule has 0 fully saturated rings. The molecule has 1 rings (SSSR count). The third-order valence-corrected chi connectivity index (χ3v) is 3.94. The summed E-state index contributed by atoms with van der Waals surface area (Å²) in [6, 6.07) is 8.01. The van der Waals surface area contributed by atoms with Crippen molar-refractivity contribution < 1.29 is 14.6 Å². The lowest BCUT2D eigenvalue weighted by Gasteiger charge is -2.35. The molecular weight excluding hydrogens is 240 g/mol. The lowest BCUT2D eigenvalue weighted by Crippen LogP contribution is -2.49. The first-order chi connectivity index (χ1) is 8.87. The Hall–Kier alpha value is -1.35. The molecule has 0 radical (unpaired) electrons. The summed E-state index contributed by atoms with van der Waals surface area (Å²) in [7, 11) is 1.31. The van der Waals surface area contributed by atoms with Gasteiger partial charge in [0, 0.05) is 5.92 Å². The zero-order valence-corrected chi connectivity index (χ0v) is 12.4. The van der Waals surface area contributed by atoms with Gasteiger partial charge in [-0.05, 0) is 23.5 Å². The van der Waals surface area contributed by atoms with Crippen LogP contribution in [0.2, 0.25) is 0 Å². The molecule has 0 heterocycles. The Kier molecular flexibility index (Phi) is 5.12. The van der Waals surface area contributed by atoms with Crippen LogP contribution in [0.25, 0.3) is 0 Å². The minimum Gasteiger partial charge on any atom is -0.467 e. The molecule has 3 heteroatoms. The second-order valence-corrected chi connectivity index (χ2v) is 5.29. The van der Waals surface area contributed by atoms with Gasteiger partial charge >= 0.3 is 5.97 Å². The van der Waals surface area contributed by atoms with E-state index in [1.807, 2.05) is 45.0 Å². The Bertz CT molecular complexity index is 422. The van der Waals surface area contributed by atoms with E-state index in [-0.39, 0.29) is 11.8 Å². The van der Waals surface area contributed by atoms with Crippen LogP contribution < -0.4 is 0 Å². The summed E-state index contributed by atoms with van der Waals surface area (Å²) < 4.78 is 4.78. The predicted molar refractivity (Wildman–Crippen MR) is 76.0 cm³/mol. The van der Waals surface area contributed by atoms with Gasteiger partial charge in [-0.3, -0.25) is 0 Å². The SMILES string of the molecule is CCc1ccc(C(C)C(O)(C(=O)OC)C(C)C)cc1. The summed E-state index contributed by atoms with van der Waals surface area (Å²) in [5.41, 5.74) is 0.684. The van der Waals surface area contributed by atoms with E-state index in [1.54, 1.807) is 0 Å². The fourth-order valence-electron chi connectivity index (χ4n) is 2.37. The van der Waals surface area contributed by atoms with Gasteiger partial charge in [-0.2, -0.15) is 0 Å². The van der Waals surface area contributed by atoms with Crippen molar-refractivity contribution in [2.75, 3.05) is 7.11 Å².